The predicted molar refractivity (Wildman–Crippen MR) is 226 cm³/mol. The molecule has 0 saturated heterocycles. The Morgan fingerprint density at radius 3 is 1.17 bits per heavy atom. The van der Waals surface area contributed by atoms with Crippen molar-refractivity contribution in [3.8, 4) is 34.3 Å². The molecule has 7 aromatic rings. The molecule has 1 aliphatic rings. The first-order valence-electron chi connectivity index (χ1n) is 18.3. The standard InChI is InChI=1S/C48H38N2O8/c1-53-39-21-13-35(14-22-39)49(36-15-23-40(54-2)24-16-36)33-9-5-31(6-10-33)29-45-46-43(47(51)58-45)30-44(57-48(46)52)32-7-11-34(12-8-32)50(37-17-25-41(55-3)26-18-37)38-19-27-42(56-4)28-20-38/h5-30H,1-4H3/b45-29+. The summed E-state index contributed by atoms with van der Waals surface area (Å²) in [5, 5.41) is 0. The maximum absolute atomic E-state index is 13.6. The van der Waals surface area contributed by atoms with E-state index in [0.717, 1.165) is 62.7 Å². The normalized spacial score (nSPS) is 12.4. The highest BCUT2D eigenvalue weighted by atomic mass is 16.5. The number of esters is 1. The van der Waals surface area contributed by atoms with E-state index >= 15 is 0 Å². The molecule has 0 bridgehead atoms. The monoisotopic (exact) mass is 770 g/mol. The Morgan fingerprint density at radius 2 is 0.810 bits per heavy atom. The summed E-state index contributed by atoms with van der Waals surface area (Å²) in [6.07, 6.45) is 1.66. The fourth-order valence-electron chi connectivity index (χ4n) is 6.80. The van der Waals surface area contributed by atoms with E-state index in [1.165, 1.54) is 0 Å². The topological polar surface area (TPSA) is 99.9 Å². The lowest BCUT2D eigenvalue weighted by Gasteiger charge is -2.26. The van der Waals surface area contributed by atoms with Crippen molar-refractivity contribution in [2.45, 2.75) is 0 Å². The minimum atomic E-state index is -0.673. The Labute approximate surface area is 335 Å². The van der Waals surface area contributed by atoms with Crippen LogP contribution in [-0.4, -0.2) is 34.4 Å². The van der Waals surface area contributed by atoms with Crippen molar-refractivity contribution in [1.82, 2.24) is 0 Å². The summed E-state index contributed by atoms with van der Waals surface area (Å²) >= 11 is 0. The van der Waals surface area contributed by atoms with Crippen LogP contribution in [0, 0.1) is 0 Å². The highest BCUT2D eigenvalue weighted by Crippen LogP contribution is 2.39. The summed E-state index contributed by atoms with van der Waals surface area (Å²) in [7, 11) is 6.53. The zero-order valence-corrected chi connectivity index (χ0v) is 32.2. The van der Waals surface area contributed by atoms with E-state index in [1.807, 2.05) is 146 Å². The molecule has 0 radical (unpaired) electrons. The largest absolute Gasteiger partial charge is 0.497 e. The van der Waals surface area contributed by atoms with Gasteiger partial charge in [-0.25, -0.2) is 9.59 Å². The van der Waals surface area contributed by atoms with Crippen LogP contribution >= 0.6 is 0 Å². The third-order valence-corrected chi connectivity index (χ3v) is 9.80. The van der Waals surface area contributed by atoms with Crippen LogP contribution in [-0.2, 0) is 4.74 Å². The van der Waals surface area contributed by atoms with Gasteiger partial charge in [0.15, 0.2) is 0 Å². The van der Waals surface area contributed by atoms with Gasteiger partial charge in [-0.1, -0.05) is 12.1 Å². The molecular formula is C48H38N2O8. The number of fused-ring (bicyclic) bond motifs is 1. The lowest BCUT2D eigenvalue weighted by atomic mass is 10.0. The highest BCUT2D eigenvalue weighted by molar-refractivity contribution is 6.06. The van der Waals surface area contributed by atoms with Crippen molar-refractivity contribution >= 4 is 51.9 Å². The van der Waals surface area contributed by atoms with Crippen LogP contribution in [0.1, 0.15) is 21.5 Å². The van der Waals surface area contributed by atoms with Crippen LogP contribution in [0.2, 0.25) is 0 Å². The van der Waals surface area contributed by atoms with E-state index in [4.69, 9.17) is 28.1 Å². The zero-order valence-electron chi connectivity index (χ0n) is 32.2. The van der Waals surface area contributed by atoms with Crippen LogP contribution in [0.3, 0.4) is 0 Å². The lowest BCUT2D eigenvalue weighted by Crippen LogP contribution is -2.10. The fourth-order valence-corrected chi connectivity index (χ4v) is 6.80. The van der Waals surface area contributed by atoms with E-state index in [1.54, 1.807) is 40.6 Å². The summed E-state index contributed by atoms with van der Waals surface area (Å²) in [6.45, 7) is 0. The van der Waals surface area contributed by atoms with Crippen molar-refractivity contribution in [1.29, 1.82) is 0 Å². The smallest absolute Gasteiger partial charge is 0.348 e. The molecular weight excluding hydrogens is 733 g/mol. The van der Waals surface area contributed by atoms with Gasteiger partial charge in [0.25, 0.3) is 0 Å². The molecule has 0 fully saturated rings. The van der Waals surface area contributed by atoms with Gasteiger partial charge in [0.05, 0.1) is 34.0 Å². The first-order chi connectivity index (χ1) is 28.3. The number of cyclic esters (lactones) is 1. The van der Waals surface area contributed by atoms with Crippen LogP contribution in [0.4, 0.5) is 34.1 Å². The van der Waals surface area contributed by atoms with Crippen molar-refractivity contribution in [2.24, 2.45) is 0 Å². The molecule has 0 unspecified atom stereocenters. The molecule has 10 heteroatoms. The zero-order chi connectivity index (χ0) is 40.2. The first-order valence-corrected chi connectivity index (χ1v) is 18.3. The third-order valence-electron chi connectivity index (χ3n) is 9.80. The van der Waals surface area contributed by atoms with E-state index < -0.39 is 11.6 Å². The fraction of sp³-hybridized carbons (Fsp3) is 0.0833. The number of hydrogen-bond acceptors (Lipinski definition) is 10. The van der Waals surface area contributed by atoms with Gasteiger partial charge in [-0.05, 0) is 151 Å². The Morgan fingerprint density at radius 1 is 0.466 bits per heavy atom. The van der Waals surface area contributed by atoms with Gasteiger partial charge in [-0.2, -0.15) is 0 Å². The second-order valence-corrected chi connectivity index (χ2v) is 13.2. The van der Waals surface area contributed by atoms with E-state index in [9.17, 15) is 9.59 Å². The second kappa shape index (κ2) is 16.2. The Bertz CT molecular complexity index is 2540. The molecule has 58 heavy (non-hydrogen) atoms. The van der Waals surface area contributed by atoms with Gasteiger partial charge in [0, 0.05) is 39.7 Å². The summed E-state index contributed by atoms with van der Waals surface area (Å²) in [6, 6.07) is 47.9. The minimum Gasteiger partial charge on any atom is -0.497 e. The minimum absolute atomic E-state index is 0.0812. The molecule has 8 rings (SSSR count). The van der Waals surface area contributed by atoms with Crippen molar-refractivity contribution in [3.05, 3.63) is 179 Å². The number of carbonyl (C=O) groups excluding carboxylic acids is 1. The number of nitrogens with zero attached hydrogens (tertiary/aromatic N) is 2. The van der Waals surface area contributed by atoms with Gasteiger partial charge in [-0.15, -0.1) is 0 Å². The molecule has 2 heterocycles. The molecule has 0 atom stereocenters. The number of ether oxygens (including phenoxy) is 5. The Hall–Kier alpha value is -7.72. The lowest BCUT2D eigenvalue weighted by molar-refractivity contribution is 0.0717. The Balaban J connectivity index is 1.07. The average molecular weight is 771 g/mol. The van der Waals surface area contributed by atoms with E-state index in [2.05, 4.69) is 9.80 Å². The first kappa shape index (κ1) is 37.2. The molecule has 288 valence electrons. The van der Waals surface area contributed by atoms with Crippen LogP contribution < -0.4 is 34.4 Å². The predicted octanol–water partition coefficient (Wildman–Crippen LogP) is 10.9. The van der Waals surface area contributed by atoms with Crippen LogP contribution in [0.25, 0.3) is 23.2 Å². The molecule has 0 N–H and O–H groups in total. The summed E-state index contributed by atoms with van der Waals surface area (Å²) in [4.78, 5) is 30.9. The van der Waals surface area contributed by atoms with Gasteiger partial charge in [-0.3, -0.25) is 0 Å². The molecule has 6 aromatic carbocycles. The van der Waals surface area contributed by atoms with Crippen molar-refractivity contribution in [2.75, 3.05) is 38.2 Å². The molecule has 0 spiro atoms. The van der Waals surface area contributed by atoms with E-state index in [0.29, 0.717) is 5.56 Å². The summed E-state index contributed by atoms with van der Waals surface area (Å²) in [5.41, 5.74) is 6.29. The second-order valence-electron chi connectivity index (χ2n) is 13.2. The maximum atomic E-state index is 13.6. The van der Waals surface area contributed by atoms with Crippen molar-refractivity contribution < 1.29 is 32.9 Å². The van der Waals surface area contributed by atoms with Crippen LogP contribution in [0.5, 0.6) is 23.0 Å². The van der Waals surface area contributed by atoms with Gasteiger partial charge in [0.2, 0.25) is 0 Å². The van der Waals surface area contributed by atoms with Crippen LogP contribution in [0.15, 0.2) is 161 Å². The maximum Gasteiger partial charge on any atom is 0.348 e. The number of carbonyl (C=O) groups is 1. The van der Waals surface area contributed by atoms with Gasteiger partial charge >= 0.3 is 11.6 Å². The number of methoxy groups -OCH3 is 4. The number of benzene rings is 6. The molecule has 1 aromatic heterocycles. The van der Waals surface area contributed by atoms with Crippen molar-refractivity contribution in [3.63, 3.8) is 0 Å². The highest BCUT2D eigenvalue weighted by Gasteiger charge is 2.32. The number of rotatable bonds is 12. The van der Waals surface area contributed by atoms with E-state index in [-0.39, 0.29) is 22.6 Å². The summed E-state index contributed by atoms with van der Waals surface area (Å²) in [5.74, 6) is 2.73. The van der Waals surface area contributed by atoms with Gasteiger partial charge in [0.1, 0.15) is 40.1 Å². The molecule has 10 nitrogen and oxygen atoms in total. The quantitative estimate of drug-likeness (QED) is 0.112. The molecule has 1 aliphatic heterocycles. The van der Waals surface area contributed by atoms with Gasteiger partial charge < -0.3 is 37.9 Å². The number of hydrogen-bond donors (Lipinski definition) is 0. The SMILES string of the molecule is COc1ccc(N(c2ccc(/C=C3/OC(=O)c4cc(-c5ccc(N(c6ccc(OC)cc6)c6ccc(OC)cc6)cc5)oc(=O)c43)cc2)c2ccc(OC)cc2)cc1. The summed E-state index contributed by atoms with van der Waals surface area (Å²) < 4.78 is 33.0. The number of anilines is 6. The molecule has 0 amide bonds. The molecule has 0 aliphatic carbocycles. The Kier molecular flexibility index (Phi) is 10.4. The third kappa shape index (κ3) is 7.46. The average Bonchev–Trinajstić information content (AvgIpc) is 3.60. The molecule has 0 saturated carbocycles.